The van der Waals surface area contributed by atoms with Crippen molar-refractivity contribution in [3.8, 4) is 11.5 Å². The van der Waals surface area contributed by atoms with E-state index in [4.69, 9.17) is 9.47 Å². The van der Waals surface area contributed by atoms with Gasteiger partial charge in [-0.05, 0) is 29.3 Å². The molecule has 1 aliphatic rings. The van der Waals surface area contributed by atoms with Crippen LogP contribution in [0.1, 0.15) is 32.6 Å². The number of carboxylic acids is 1. The third kappa shape index (κ3) is 5.17. The Balaban J connectivity index is 1.65. The summed E-state index contributed by atoms with van der Waals surface area (Å²) in [5.41, 5.74) is 2.02. The van der Waals surface area contributed by atoms with Gasteiger partial charge in [0.05, 0.1) is 25.8 Å². The zero-order valence-corrected chi connectivity index (χ0v) is 22.7. The van der Waals surface area contributed by atoms with Crippen LogP contribution in [0.5, 0.6) is 11.5 Å². The van der Waals surface area contributed by atoms with Crippen LogP contribution in [-0.4, -0.2) is 42.2 Å². The highest BCUT2D eigenvalue weighted by molar-refractivity contribution is 7.99. The Hall–Kier alpha value is -4.01. The van der Waals surface area contributed by atoms with Gasteiger partial charge < -0.3 is 24.5 Å². The molecule has 1 unspecified atom stereocenters. The lowest BCUT2D eigenvalue weighted by molar-refractivity contribution is 0.0694. The van der Waals surface area contributed by atoms with Gasteiger partial charge in [-0.25, -0.2) is 4.79 Å². The maximum Gasteiger partial charge on any atom is 0.341 e. The first-order chi connectivity index (χ1) is 19.0. The number of aromatic carboxylic acids is 1. The fourth-order valence-corrected chi connectivity index (χ4v) is 6.68. The van der Waals surface area contributed by atoms with Crippen molar-refractivity contribution in [1.29, 1.82) is 0 Å². The Labute approximate surface area is 231 Å². The molecule has 2 heterocycles. The minimum absolute atomic E-state index is 0.243. The number of rotatable bonds is 10. The number of para-hydroxylation sites is 1. The van der Waals surface area contributed by atoms with Crippen LogP contribution in [0.2, 0.25) is 0 Å². The summed E-state index contributed by atoms with van der Waals surface area (Å²) in [5, 5.41) is 14.4. The molecule has 0 bridgehead atoms. The quantitative estimate of drug-likeness (QED) is 0.298. The van der Waals surface area contributed by atoms with Crippen molar-refractivity contribution >= 4 is 17.7 Å². The predicted molar refractivity (Wildman–Crippen MR) is 152 cm³/mol. The number of hydrogen-bond donors (Lipinski definition) is 2. The van der Waals surface area contributed by atoms with E-state index in [1.807, 2.05) is 83.4 Å². The van der Waals surface area contributed by atoms with Crippen LogP contribution in [0, 0.1) is 0 Å². The van der Waals surface area contributed by atoms with E-state index in [-0.39, 0.29) is 5.56 Å². The second-order valence-corrected chi connectivity index (χ2v) is 10.4. The highest BCUT2D eigenvalue weighted by Crippen LogP contribution is 2.47. The zero-order chi connectivity index (χ0) is 27.4. The highest BCUT2D eigenvalue weighted by atomic mass is 32.2. The van der Waals surface area contributed by atoms with Crippen molar-refractivity contribution < 1.29 is 19.4 Å². The summed E-state index contributed by atoms with van der Waals surface area (Å²) in [4.78, 5) is 26.2. The van der Waals surface area contributed by atoms with Crippen LogP contribution >= 0.6 is 11.8 Å². The first kappa shape index (κ1) is 26.6. The SMILES string of the molecule is COc1ccc(C2(CNCc3ccccc3)CSc3c2c(=O)c(C(=O)O)cn3Cc2ccccc2OC)cc1. The van der Waals surface area contributed by atoms with Crippen molar-refractivity contribution in [3.63, 3.8) is 0 Å². The fourth-order valence-electron chi connectivity index (χ4n) is 5.17. The summed E-state index contributed by atoms with van der Waals surface area (Å²) in [6, 6.07) is 25.4. The molecular weight excluding hydrogens is 512 g/mol. The number of fused-ring (bicyclic) bond motifs is 1. The summed E-state index contributed by atoms with van der Waals surface area (Å²) >= 11 is 1.58. The molecule has 1 atom stereocenters. The standard InChI is InChI=1S/C31H30N2O5S/c1-37-24-14-12-23(13-15-24)31(19-32-16-21-8-4-3-5-9-21)20-39-29-27(31)28(34)25(30(35)36)18-33(29)17-22-10-6-7-11-26(22)38-2/h3-15,18,32H,16-17,19-20H2,1-2H3,(H,35,36). The number of nitrogens with one attached hydrogen (secondary N) is 1. The van der Waals surface area contributed by atoms with Crippen molar-refractivity contribution in [2.45, 2.75) is 23.5 Å². The number of carboxylic acid groups (broad SMARTS) is 1. The molecule has 0 aliphatic carbocycles. The van der Waals surface area contributed by atoms with Gasteiger partial charge in [0.25, 0.3) is 0 Å². The van der Waals surface area contributed by atoms with Crippen molar-refractivity contribution in [2.24, 2.45) is 0 Å². The Kier molecular flexibility index (Phi) is 7.77. The van der Waals surface area contributed by atoms with E-state index in [1.165, 1.54) is 6.20 Å². The Morgan fingerprint density at radius 2 is 1.72 bits per heavy atom. The molecule has 7 nitrogen and oxygen atoms in total. The van der Waals surface area contributed by atoms with Gasteiger partial charge in [0.15, 0.2) is 0 Å². The second kappa shape index (κ2) is 11.4. The average molecular weight is 543 g/mol. The summed E-state index contributed by atoms with van der Waals surface area (Å²) in [5.74, 6) is 0.760. The van der Waals surface area contributed by atoms with E-state index >= 15 is 0 Å². The van der Waals surface area contributed by atoms with Crippen LogP contribution in [0.15, 0.2) is 94.9 Å². The summed E-state index contributed by atoms with van der Waals surface area (Å²) in [6.07, 6.45) is 1.46. The molecule has 0 saturated heterocycles. The van der Waals surface area contributed by atoms with E-state index in [1.54, 1.807) is 26.0 Å². The van der Waals surface area contributed by atoms with Gasteiger partial charge in [-0.2, -0.15) is 0 Å². The van der Waals surface area contributed by atoms with Gasteiger partial charge in [0, 0.05) is 41.6 Å². The monoisotopic (exact) mass is 542 g/mol. The molecule has 0 saturated carbocycles. The van der Waals surface area contributed by atoms with Crippen LogP contribution in [0.3, 0.4) is 0 Å². The van der Waals surface area contributed by atoms with Gasteiger partial charge in [0.2, 0.25) is 5.43 Å². The largest absolute Gasteiger partial charge is 0.497 e. The molecule has 3 aromatic carbocycles. The summed E-state index contributed by atoms with van der Waals surface area (Å²) in [7, 11) is 3.22. The molecule has 0 spiro atoms. The lowest BCUT2D eigenvalue weighted by Crippen LogP contribution is -2.43. The van der Waals surface area contributed by atoms with E-state index < -0.39 is 16.8 Å². The minimum atomic E-state index is -1.24. The molecule has 5 rings (SSSR count). The number of carbonyl (C=O) groups is 1. The maximum atomic E-state index is 13.9. The molecule has 1 aliphatic heterocycles. The van der Waals surface area contributed by atoms with E-state index in [9.17, 15) is 14.7 Å². The lowest BCUT2D eigenvalue weighted by atomic mass is 9.76. The van der Waals surface area contributed by atoms with Crippen molar-refractivity contribution in [1.82, 2.24) is 9.88 Å². The van der Waals surface area contributed by atoms with E-state index in [2.05, 4.69) is 5.32 Å². The molecule has 2 N–H and O–H groups in total. The Bertz CT molecular complexity index is 1540. The third-order valence-electron chi connectivity index (χ3n) is 7.17. The first-order valence-electron chi connectivity index (χ1n) is 12.6. The van der Waals surface area contributed by atoms with Crippen molar-refractivity contribution in [2.75, 3.05) is 26.5 Å². The number of aromatic nitrogens is 1. The lowest BCUT2D eigenvalue weighted by Gasteiger charge is -2.31. The zero-order valence-electron chi connectivity index (χ0n) is 21.8. The molecule has 4 aromatic rings. The number of ether oxygens (including phenoxy) is 2. The van der Waals surface area contributed by atoms with Crippen molar-refractivity contribution in [3.05, 3.63) is 123 Å². The summed E-state index contributed by atoms with van der Waals surface area (Å²) < 4.78 is 12.8. The number of pyridine rings is 1. The molecule has 1 aromatic heterocycles. The normalized spacial score (nSPS) is 16.1. The van der Waals surface area contributed by atoms with Crippen LogP contribution < -0.4 is 20.2 Å². The Morgan fingerprint density at radius 3 is 2.41 bits per heavy atom. The number of benzene rings is 3. The fraction of sp³-hybridized carbons (Fsp3) is 0.226. The number of thioether (sulfide) groups is 1. The van der Waals surface area contributed by atoms with Gasteiger partial charge in [-0.1, -0.05) is 60.7 Å². The topological polar surface area (TPSA) is 89.8 Å². The number of nitrogens with zero attached hydrogens (tertiary/aromatic N) is 1. The van der Waals surface area contributed by atoms with Gasteiger partial charge in [-0.3, -0.25) is 4.79 Å². The number of hydrogen-bond acceptors (Lipinski definition) is 6. The minimum Gasteiger partial charge on any atom is -0.497 e. The average Bonchev–Trinajstić information content (AvgIpc) is 3.36. The molecule has 8 heteroatoms. The molecule has 0 radical (unpaired) electrons. The van der Waals surface area contributed by atoms with Gasteiger partial charge in [0.1, 0.15) is 17.1 Å². The number of methoxy groups -OCH3 is 2. The second-order valence-electron chi connectivity index (χ2n) is 9.49. The first-order valence-corrected chi connectivity index (χ1v) is 13.6. The van der Waals surface area contributed by atoms with Crippen LogP contribution in [0.4, 0.5) is 0 Å². The summed E-state index contributed by atoms with van der Waals surface area (Å²) in [6.45, 7) is 1.45. The van der Waals surface area contributed by atoms with E-state index in [0.717, 1.165) is 21.7 Å². The molecule has 0 fully saturated rings. The molecule has 39 heavy (non-hydrogen) atoms. The van der Waals surface area contributed by atoms with Crippen LogP contribution in [-0.2, 0) is 18.5 Å². The van der Waals surface area contributed by atoms with E-state index in [0.29, 0.717) is 42.4 Å². The Morgan fingerprint density at radius 1 is 1.00 bits per heavy atom. The molecule has 0 amide bonds. The van der Waals surface area contributed by atoms with Gasteiger partial charge in [-0.15, -0.1) is 11.8 Å². The smallest absolute Gasteiger partial charge is 0.341 e. The predicted octanol–water partition coefficient (Wildman–Crippen LogP) is 4.79. The van der Waals surface area contributed by atoms with Gasteiger partial charge >= 0.3 is 5.97 Å². The third-order valence-corrected chi connectivity index (χ3v) is 8.52. The maximum absolute atomic E-state index is 13.9. The van der Waals surface area contributed by atoms with Crippen LogP contribution in [0.25, 0.3) is 0 Å². The molecule has 200 valence electrons. The highest BCUT2D eigenvalue weighted by Gasteiger charge is 2.45. The molecular formula is C31H30N2O5S.